The molecule has 1 rings (SSSR count). The van der Waals surface area contributed by atoms with Gasteiger partial charge in [-0.1, -0.05) is 50.2 Å². The van der Waals surface area contributed by atoms with Crippen molar-refractivity contribution in [1.29, 1.82) is 0 Å². The third-order valence-corrected chi connectivity index (χ3v) is 2.27. The molecule has 0 radical (unpaired) electrons. The van der Waals surface area contributed by atoms with Crippen LogP contribution in [-0.2, 0) is 10.2 Å². The molecule has 3 heteroatoms. The Bertz CT molecular complexity index is 372. The van der Waals surface area contributed by atoms with Gasteiger partial charge in [0.05, 0.1) is 0 Å². The minimum absolute atomic E-state index is 0.0514. The largest absolute Gasteiger partial charge is 0.410 e. The molecule has 1 aromatic rings. The lowest BCUT2D eigenvalue weighted by Crippen LogP contribution is -2.11. The molecule has 0 atom stereocenters. The van der Waals surface area contributed by atoms with E-state index < -0.39 is 0 Å². The summed E-state index contributed by atoms with van der Waals surface area (Å²) < 4.78 is 0. The van der Waals surface area contributed by atoms with Crippen LogP contribution in [0.15, 0.2) is 29.4 Å². The van der Waals surface area contributed by atoms with E-state index >= 15 is 0 Å². The van der Waals surface area contributed by atoms with Crippen LogP contribution in [0, 0.1) is 0 Å². The summed E-state index contributed by atoms with van der Waals surface area (Å²) in [6.07, 6.45) is 0.534. The first-order valence-corrected chi connectivity index (χ1v) is 4.77. The molecule has 1 aromatic carbocycles. The summed E-state index contributed by atoms with van der Waals surface area (Å²) in [4.78, 5) is 10.5. The Labute approximate surface area is 89.4 Å². The third kappa shape index (κ3) is 2.65. The molecule has 15 heavy (non-hydrogen) atoms. The predicted molar refractivity (Wildman–Crippen MR) is 59.5 cm³/mol. The van der Waals surface area contributed by atoms with E-state index in [1.54, 1.807) is 12.1 Å². The molecule has 0 unspecified atom stereocenters. The first-order chi connectivity index (χ1) is 6.99. The number of nitrogens with zero attached hydrogens (tertiary/aromatic N) is 1. The second-order valence-corrected chi connectivity index (χ2v) is 4.43. The fourth-order valence-electron chi connectivity index (χ4n) is 1.29. The van der Waals surface area contributed by atoms with Crippen LogP contribution in [-0.4, -0.2) is 17.2 Å². The van der Waals surface area contributed by atoms with Crippen LogP contribution in [0.3, 0.4) is 0 Å². The van der Waals surface area contributed by atoms with E-state index in [9.17, 15) is 4.79 Å². The van der Waals surface area contributed by atoms with Crippen molar-refractivity contribution in [1.82, 2.24) is 0 Å². The van der Waals surface area contributed by atoms with E-state index in [1.165, 1.54) is 5.56 Å². The lowest BCUT2D eigenvalue weighted by molar-refractivity contribution is -0.102. The highest BCUT2D eigenvalue weighted by Gasteiger charge is 2.13. The van der Waals surface area contributed by atoms with Gasteiger partial charge in [-0.25, -0.2) is 0 Å². The number of aldehydes is 1. The minimum atomic E-state index is 0.0514. The summed E-state index contributed by atoms with van der Waals surface area (Å²) in [7, 11) is 0. The molecule has 0 heterocycles. The monoisotopic (exact) mass is 205 g/mol. The molecule has 0 aliphatic heterocycles. The predicted octanol–water partition coefficient (Wildman–Crippen LogP) is 2.36. The Morgan fingerprint density at radius 1 is 1.27 bits per heavy atom. The SMILES string of the molecule is CC(C)(C)c1ccc(C(C=O)=NO)cc1. The molecule has 3 nitrogen and oxygen atoms in total. The van der Waals surface area contributed by atoms with Gasteiger partial charge in [-0.05, 0) is 11.0 Å². The average molecular weight is 205 g/mol. The van der Waals surface area contributed by atoms with Gasteiger partial charge in [0.25, 0.3) is 0 Å². The van der Waals surface area contributed by atoms with Crippen LogP contribution < -0.4 is 0 Å². The standard InChI is InChI=1S/C12H15NO2/c1-12(2,3)10-6-4-9(5-7-10)11(8-14)13-15/h4-8,15H,1-3H3. The molecule has 0 saturated heterocycles. The number of hydrogen-bond donors (Lipinski definition) is 1. The first-order valence-electron chi connectivity index (χ1n) is 4.77. The van der Waals surface area contributed by atoms with Gasteiger partial charge in [-0.2, -0.15) is 0 Å². The summed E-state index contributed by atoms with van der Waals surface area (Å²) in [6.45, 7) is 6.34. The van der Waals surface area contributed by atoms with Crippen molar-refractivity contribution in [3.8, 4) is 0 Å². The lowest BCUT2D eigenvalue weighted by Gasteiger charge is -2.18. The number of benzene rings is 1. The Kier molecular flexibility index (Phi) is 3.24. The Hall–Kier alpha value is -1.64. The zero-order valence-electron chi connectivity index (χ0n) is 9.19. The zero-order chi connectivity index (χ0) is 11.5. The molecule has 0 aliphatic rings. The second-order valence-electron chi connectivity index (χ2n) is 4.43. The maximum absolute atomic E-state index is 10.5. The summed E-state index contributed by atoms with van der Waals surface area (Å²) in [6, 6.07) is 7.43. The smallest absolute Gasteiger partial charge is 0.172 e. The number of carbonyl (C=O) groups is 1. The average Bonchev–Trinajstić information content (AvgIpc) is 2.19. The quantitative estimate of drug-likeness (QED) is 0.349. The second kappa shape index (κ2) is 4.26. The first kappa shape index (κ1) is 11.4. The number of oxime groups is 1. The van der Waals surface area contributed by atoms with Crippen LogP contribution >= 0.6 is 0 Å². The topological polar surface area (TPSA) is 49.7 Å². The van der Waals surface area contributed by atoms with Gasteiger partial charge in [0.2, 0.25) is 0 Å². The summed E-state index contributed by atoms with van der Waals surface area (Å²) >= 11 is 0. The van der Waals surface area contributed by atoms with Crippen molar-refractivity contribution in [3.05, 3.63) is 35.4 Å². The number of carbonyl (C=O) groups excluding carboxylic acids is 1. The number of hydrogen-bond acceptors (Lipinski definition) is 3. The number of rotatable bonds is 2. The highest BCUT2D eigenvalue weighted by atomic mass is 16.4. The van der Waals surface area contributed by atoms with Gasteiger partial charge in [-0.3, -0.25) is 4.79 Å². The van der Waals surface area contributed by atoms with Crippen LogP contribution in [0.2, 0.25) is 0 Å². The highest BCUT2D eigenvalue weighted by molar-refractivity contribution is 6.36. The highest BCUT2D eigenvalue weighted by Crippen LogP contribution is 2.22. The van der Waals surface area contributed by atoms with Gasteiger partial charge in [0.15, 0.2) is 6.29 Å². The molecular weight excluding hydrogens is 190 g/mol. The summed E-state index contributed by atoms with van der Waals surface area (Å²) in [5.74, 6) is 0. The Balaban J connectivity index is 3.05. The molecule has 0 spiro atoms. The van der Waals surface area contributed by atoms with E-state index in [4.69, 9.17) is 5.21 Å². The fraction of sp³-hybridized carbons (Fsp3) is 0.333. The Morgan fingerprint density at radius 3 is 2.13 bits per heavy atom. The van der Waals surface area contributed by atoms with Crippen molar-refractivity contribution in [2.75, 3.05) is 0 Å². The van der Waals surface area contributed by atoms with E-state index in [0.717, 1.165) is 0 Å². The molecule has 0 bridgehead atoms. The summed E-state index contributed by atoms with van der Waals surface area (Å²) in [5, 5.41) is 11.5. The maximum Gasteiger partial charge on any atom is 0.172 e. The molecule has 0 aromatic heterocycles. The van der Waals surface area contributed by atoms with Gasteiger partial charge < -0.3 is 5.21 Å². The molecular formula is C12H15NO2. The van der Waals surface area contributed by atoms with Crippen LogP contribution in [0.4, 0.5) is 0 Å². The van der Waals surface area contributed by atoms with Gasteiger partial charge in [0.1, 0.15) is 5.71 Å². The minimum Gasteiger partial charge on any atom is -0.410 e. The molecule has 1 N–H and O–H groups in total. The molecule has 0 aliphatic carbocycles. The van der Waals surface area contributed by atoms with E-state index in [1.807, 2.05) is 12.1 Å². The molecule has 0 amide bonds. The van der Waals surface area contributed by atoms with Crippen LogP contribution in [0.5, 0.6) is 0 Å². The fourth-order valence-corrected chi connectivity index (χ4v) is 1.29. The Morgan fingerprint density at radius 2 is 1.80 bits per heavy atom. The van der Waals surface area contributed by atoms with Gasteiger partial charge in [0, 0.05) is 5.56 Å². The van der Waals surface area contributed by atoms with E-state index in [-0.39, 0.29) is 11.1 Å². The van der Waals surface area contributed by atoms with Crippen molar-refractivity contribution < 1.29 is 10.0 Å². The third-order valence-electron chi connectivity index (χ3n) is 2.27. The van der Waals surface area contributed by atoms with Crippen molar-refractivity contribution in [2.24, 2.45) is 5.16 Å². The molecule has 0 fully saturated rings. The summed E-state index contributed by atoms with van der Waals surface area (Å²) in [5.41, 5.74) is 1.93. The van der Waals surface area contributed by atoms with Gasteiger partial charge >= 0.3 is 0 Å². The van der Waals surface area contributed by atoms with E-state index in [2.05, 4.69) is 25.9 Å². The van der Waals surface area contributed by atoms with Crippen molar-refractivity contribution in [3.63, 3.8) is 0 Å². The van der Waals surface area contributed by atoms with E-state index in [0.29, 0.717) is 11.8 Å². The van der Waals surface area contributed by atoms with Crippen molar-refractivity contribution >= 4 is 12.0 Å². The zero-order valence-corrected chi connectivity index (χ0v) is 9.19. The van der Waals surface area contributed by atoms with Gasteiger partial charge in [-0.15, -0.1) is 0 Å². The van der Waals surface area contributed by atoms with Crippen LogP contribution in [0.25, 0.3) is 0 Å². The molecule has 80 valence electrons. The lowest BCUT2D eigenvalue weighted by atomic mass is 9.86. The van der Waals surface area contributed by atoms with Crippen molar-refractivity contribution in [2.45, 2.75) is 26.2 Å². The normalized spacial score (nSPS) is 12.6. The van der Waals surface area contributed by atoms with Crippen LogP contribution in [0.1, 0.15) is 31.9 Å². The maximum atomic E-state index is 10.5. The molecule has 0 saturated carbocycles.